The Morgan fingerprint density at radius 1 is 1.30 bits per heavy atom. The van der Waals surface area contributed by atoms with Crippen LogP contribution in [-0.2, 0) is 11.3 Å². The predicted octanol–water partition coefficient (Wildman–Crippen LogP) is 3.56. The molecule has 0 saturated carbocycles. The maximum Gasteiger partial charge on any atom is 0.118 e. The molecule has 0 amide bonds. The fraction of sp³-hybridized carbons (Fsp3) is 0.529. The van der Waals surface area contributed by atoms with Crippen LogP contribution in [0, 0.1) is 5.92 Å². The highest BCUT2D eigenvalue weighted by Gasteiger charge is 2.17. The number of hydrogen-bond donors (Lipinski definition) is 1. The number of ether oxygens (including phenoxy) is 2. The van der Waals surface area contributed by atoms with Crippen molar-refractivity contribution in [2.24, 2.45) is 5.92 Å². The first-order chi connectivity index (χ1) is 9.60. The van der Waals surface area contributed by atoms with E-state index in [4.69, 9.17) is 9.47 Å². The zero-order valence-corrected chi connectivity index (χ0v) is 12.7. The molecule has 0 aromatic heterocycles. The highest BCUT2D eigenvalue weighted by Crippen LogP contribution is 2.17. The second-order valence-electron chi connectivity index (χ2n) is 5.09. The third kappa shape index (κ3) is 5.35. The Labute approximate surface area is 122 Å². The number of rotatable bonds is 9. The van der Waals surface area contributed by atoms with Gasteiger partial charge in [0.15, 0.2) is 0 Å². The van der Waals surface area contributed by atoms with E-state index in [1.54, 1.807) is 13.2 Å². The van der Waals surface area contributed by atoms with Gasteiger partial charge in [-0.3, -0.25) is 0 Å². The number of methoxy groups -OCH3 is 1. The van der Waals surface area contributed by atoms with Gasteiger partial charge in [-0.2, -0.15) is 0 Å². The topological polar surface area (TPSA) is 38.7 Å². The average Bonchev–Trinajstić information content (AvgIpc) is 2.50. The molecule has 0 unspecified atom stereocenters. The van der Waals surface area contributed by atoms with Gasteiger partial charge >= 0.3 is 0 Å². The second kappa shape index (κ2) is 8.77. The molecule has 1 rings (SSSR count). The summed E-state index contributed by atoms with van der Waals surface area (Å²) in [5.74, 6) is 0.935. The lowest BCUT2D eigenvalue weighted by Crippen LogP contribution is -2.24. The van der Waals surface area contributed by atoms with E-state index in [0.29, 0.717) is 13.0 Å². The van der Waals surface area contributed by atoms with Gasteiger partial charge in [-0.05, 0) is 30.0 Å². The number of aliphatic hydroxyl groups is 1. The molecule has 3 heteroatoms. The summed E-state index contributed by atoms with van der Waals surface area (Å²) in [6.45, 7) is 8.30. The average molecular weight is 278 g/mol. The third-order valence-electron chi connectivity index (χ3n) is 3.58. The molecule has 0 aliphatic carbocycles. The summed E-state index contributed by atoms with van der Waals surface area (Å²) in [4.78, 5) is 0. The van der Waals surface area contributed by atoms with Crippen molar-refractivity contribution in [2.75, 3.05) is 7.11 Å². The Hall–Kier alpha value is -1.32. The van der Waals surface area contributed by atoms with Gasteiger partial charge in [0, 0.05) is 6.42 Å². The Kier molecular flexibility index (Phi) is 7.34. The molecule has 0 spiro atoms. The normalized spacial score (nSPS) is 15.4. The van der Waals surface area contributed by atoms with Gasteiger partial charge in [-0.1, -0.05) is 32.1 Å². The first kappa shape index (κ1) is 16.7. The van der Waals surface area contributed by atoms with Gasteiger partial charge in [0.05, 0.1) is 25.9 Å². The van der Waals surface area contributed by atoms with Gasteiger partial charge < -0.3 is 14.6 Å². The van der Waals surface area contributed by atoms with E-state index >= 15 is 0 Å². The number of hydrogen-bond acceptors (Lipinski definition) is 3. The molecule has 0 fully saturated rings. The smallest absolute Gasteiger partial charge is 0.118 e. The van der Waals surface area contributed by atoms with Gasteiger partial charge in [0.2, 0.25) is 0 Å². The molecule has 0 heterocycles. The molecule has 0 aliphatic heterocycles. The monoisotopic (exact) mass is 278 g/mol. The first-order valence-corrected chi connectivity index (χ1v) is 7.15. The highest BCUT2D eigenvalue weighted by atomic mass is 16.5. The van der Waals surface area contributed by atoms with Gasteiger partial charge in [0.1, 0.15) is 5.75 Å². The summed E-state index contributed by atoms with van der Waals surface area (Å²) in [5.41, 5.74) is 1.11. The Bertz CT molecular complexity index is 386. The molecule has 1 N–H and O–H groups in total. The van der Waals surface area contributed by atoms with Crippen LogP contribution in [0.4, 0.5) is 0 Å². The van der Waals surface area contributed by atoms with Gasteiger partial charge in [-0.15, -0.1) is 6.58 Å². The lowest BCUT2D eigenvalue weighted by molar-refractivity contribution is -0.00587. The van der Waals surface area contributed by atoms with Crippen molar-refractivity contribution in [3.63, 3.8) is 0 Å². The molecule has 3 atom stereocenters. The standard InChI is InChI=1S/C17H26O3/c1-5-13(3)17(18)11-15(6-2)20-12-14-7-9-16(19-4)10-8-14/h5,7-10,13,15,17-18H,1,6,11-12H2,2-4H3/t13-,15+,17-/m0/s1. The summed E-state index contributed by atoms with van der Waals surface area (Å²) in [7, 11) is 1.65. The lowest BCUT2D eigenvalue weighted by atomic mass is 9.98. The minimum Gasteiger partial charge on any atom is -0.497 e. The third-order valence-corrected chi connectivity index (χ3v) is 3.58. The minimum absolute atomic E-state index is 0.0644. The van der Waals surface area contributed by atoms with Crippen LogP contribution in [0.1, 0.15) is 32.3 Å². The van der Waals surface area contributed by atoms with E-state index in [0.717, 1.165) is 17.7 Å². The molecular formula is C17H26O3. The van der Waals surface area contributed by atoms with Crippen molar-refractivity contribution in [2.45, 2.75) is 45.5 Å². The van der Waals surface area contributed by atoms with Crippen LogP contribution in [-0.4, -0.2) is 24.4 Å². The van der Waals surface area contributed by atoms with Crippen molar-refractivity contribution in [1.29, 1.82) is 0 Å². The number of aliphatic hydroxyl groups excluding tert-OH is 1. The highest BCUT2D eigenvalue weighted by molar-refractivity contribution is 5.26. The second-order valence-corrected chi connectivity index (χ2v) is 5.09. The van der Waals surface area contributed by atoms with Crippen LogP contribution in [0.2, 0.25) is 0 Å². The van der Waals surface area contributed by atoms with E-state index in [1.807, 2.05) is 31.2 Å². The summed E-state index contributed by atoms with van der Waals surface area (Å²) in [5, 5.41) is 10.0. The van der Waals surface area contributed by atoms with E-state index < -0.39 is 6.10 Å². The largest absolute Gasteiger partial charge is 0.497 e. The lowest BCUT2D eigenvalue weighted by Gasteiger charge is -2.22. The van der Waals surface area contributed by atoms with E-state index in [-0.39, 0.29) is 12.0 Å². The van der Waals surface area contributed by atoms with Crippen molar-refractivity contribution < 1.29 is 14.6 Å². The maximum atomic E-state index is 10.0. The van der Waals surface area contributed by atoms with Crippen LogP contribution in [0.25, 0.3) is 0 Å². The number of benzene rings is 1. The van der Waals surface area contributed by atoms with Gasteiger partial charge in [-0.25, -0.2) is 0 Å². The van der Waals surface area contributed by atoms with Crippen molar-refractivity contribution in [3.05, 3.63) is 42.5 Å². The molecule has 3 nitrogen and oxygen atoms in total. The molecular weight excluding hydrogens is 252 g/mol. The molecule has 0 radical (unpaired) electrons. The summed E-state index contributed by atoms with van der Waals surface area (Å²) in [6.07, 6.45) is 2.97. The minimum atomic E-state index is -0.395. The first-order valence-electron chi connectivity index (χ1n) is 7.15. The molecule has 1 aromatic rings. The van der Waals surface area contributed by atoms with Crippen LogP contribution < -0.4 is 4.74 Å². The molecule has 112 valence electrons. The van der Waals surface area contributed by atoms with Crippen molar-refractivity contribution in [3.8, 4) is 5.75 Å². The summed E-state index contributed by atoms with van der Waals surface area (Å²) >= 11 is 0. The van der Waals surface area contributed by atoms with Gasteiger partial charge in [0.25, 0.3) is 0 Å². The molecule has 0 saturated heterocycles. The fourth-order valence-electron chi connectivity index (χ4n) is 1.93. The maximum absolute atomic E-state index is 10.0. The predicted molar refractivity (Wildman–Crippen MR) is 81.8 cm³/mol. The Balaban J connectivity index is 2.45. The SMILES string of the molecule is C=C[C@H](C)[C@@H](O)C[C@@H](CC)OCc1ccc(OC)cc1. The molecule has 0 bridgehead atoms. The van der Waals surface area contributed by atoms with E-state index in [9.17, 15) is 5.11 Å². The zero-order chi connectivity index (χ0) is 15.0. The molecule has 1 aromatic carbocycles. The van der Waals surface area contributed by atoms with Crippen molar-refractivity contribution in [1.82, 2.24) is 0 Å². The summed E-state index contributed by atoms with van der Waals surface area (Å²) < 4.78 is 11.0. The van der Waals surface area contributed by atoms with Crippen molar-refractivity contribution >= 4 is 0 Å². The Morgan fingerprint density at radius 2 is 1.95 bits per heavy atom. The fourth-order valence-corrected chi connectivity index (χ4v) is 1.93. The zero-order valence-electron chi connectivity index (χ0n) is 12.7. The Morgan fingerprint density at radius 3 is 2.45 bits per heavy atom. The van der Waals surface area contributed by atoms with Crippen LogP contribution in [0.15, 0.2) is 36.9 Å². The quantitative estimate of drug-likeness (QED) is 0.702. The van der Waals surface area contributed by atoms with Crippen LogP contribution in [0.5, 0.6) is 5.75 Å². The van der Waals surface area contributed by atoms with Crippen LogP contribution >= 0.6 is 0 Å². The van der Waals surface area contributed by atoms with E-state index in [2.05, 4.69) is 13.5 Å². The molecule has 0 aliphatic rings. The summed E-state index contributed by atoms with van der Waals surface area (Å²) in [6, 6.07) is 7.84. The van der Waals surface area contributed by atoms with E-state index in [1.165, 1.54) is 0 Å². The van der Waals surface area contributed by atoms with Crippen LogP contribution in [0.3, 0.4) is 0 Å². The molecule has 20 heavy (non-hydrogen) atoms.